The van der Waals surface area contributed by atoms with E-state index in [4.69, 9.17) is 9.47 Å². The van der Waals surface area contributed by atoms with Gasteiger partial charge in [-0.3, -0.25) is 9.59 Å². The molecule has 0 bridgehead atoms. The lowest BCUT2D eigenvalue weighted by Crippen LogP contribution is -2.54. The first-order valence-electron chi connectivity index (χ1n) is 14.7. The smallest absolute Gasteiger partial charge is 0.407 e. The summed E-state index contributed by atoms with van der Waals surface area (Å²) in [5, 5.41) is 15.0. The fraction of sp³-hybridized carbons (Fsp3) is 0.382. The Kier molecular flexibility index (Phi) is 9.54. The van der Waals surface area contributed by atoms with E-state index in [1.54, 1.807) is 6.92 Å². The molecule has 2 amide bonds. The van der Waals surface area contributed by atoms with E-state index in [-0.39, 0.29) is 36.9 Å². The van der Waals surface area contributed by atoms with Crippen molar-refractivity contribution in [1.82, 2.24) is 10.6 Å². The number of carboxylic acid groups (broad SMARTS) is 1. The van der Waals surface area contributed by atoms with E-state index >= 15 is 0 Å². The average molecular weight is 571 g/mol. The molecule has 5 rings (SSSR count). The van der Waals surface area contributed by atoms with Gasteiger partial charge in [0.15, 0.2) is 0 Å². The quantitative estimate of drug-likeness (QED) is 0.280. The van der Waals surface area contributed by atoms with Crippen molar-refractivity contribution >= 4 is 18.0 Å². The van der Waals surface area contributed by atoms with Gasteiger partial charge < -0.3 is 25.2 Å². The first-order valence-corrected chi connectivity index (χ1v) is 14.7. The summed E-state index contributed by atoms with van der Waals surface area (Å²) < 4.78 is 11.7. The fourth-order valence-electron chi connectivity index (χ4n) is 6.03. The number of nitrogens with one attached hydrogen (secondary N) is 2. The van der Waals surface area contributed by atoms with Crippen molar-refractivity contribution in [2.75, 3.05) is 13.2 Å². The minimum atomic E-state index is -0.972. The number of fused-ring (bicyclic) bond motifs is 3. The molecule has 0 radical (unpaired) electrons. The maximum atomic E-state index is 13.4. The zero-order valence-corrected chi connectivity index (χ0v) is 23.8. The predicted molar refractivity (Wildman–Crippen MR) is 159 cm³/mol. The highest BCUT2D eigenvalue weighted by molar-refractivity contribution is 5.86. The summed E-state index contributed by atoms with van der Waals surface area (Å²) >= 11 is 0. The van der Waals surface area contributed by atoms with Crippen LogP contribution < -0.4 is 10.6 Å². The molecule has 8 heteroatoms. The zero-order chi connectivity index (χ0) is 29.5. The number of benzene rings is 3. The lowest BCUT2D eigenvalue weighted by molar-refractivity contribution is -0.143. The minimum absolute atomic E-state index is 0.0943. The second kappa shape index (κ2) is 13.7. The number of carbonyl (C=O) groups excluding carboxylic acids is 2. The molecule has 0 spiro atoms. The molecule has 3 aromatic rings. The third kappa shape index (κ3) is 6.99. The second-order valence-corrected chi connectivity index (χ2v) is 11.3. The molecule has 0 heterocycles. The number of rotatable bonds is 11. The summed E-state index contributed by atoms with van der Waals surface area (Å²) in [6.07, 6.45) is 1.37. The van der Waals surface area contributed by atoms with Crippen LogP contribution in [0.5, 0.6) is 0 Å². The molecule has 0 aromatic heterocycles. The van der Waals surface area contributed by atoms with Gasteiger partial charge in [-0.05, 0) is 66.3 Å². The standard InChI is InChI=1S/C34H38N2O6/c1-22(41-20-24-9-3-2-4-10-24)31(32(37)35-19-23-15-17-25(18-16-23)33(38)39)36-34(40)42-21-30-28-13-7-5-11-26(28)27-12-6-8-14-29(27)30/h2-14,22-23,25,30-31H,15-21H2,1H3,(H,35,37)(H,36,40)(H,38,39)/t22-,23?,25?,31+/m0/s1. The molecule has 2 atom stereocenters. The van der Waals surface area contributed by atoms with Crippen molar-refractivity contribution in [1.29, 1.82) is 0 Å². The molecule has 2 aliphatic carbocycles. The number of ether oxygens (including phenoxy) is 2. The van der Waals surface area contributed by atoms with Gasteiger partial charge in [0.05, 0.1) is 18.6 Å². The van der Waals surface area contributed by atoms with Crippen molar-refractivity contribution in [2.45, 2.75) is 57.3 Å². The summed E-state index contributed by atoms with van der Waals surface area (Å²) in [5.74, 6) is -1.33. The van der Waals surface area contributed by atoms with E-state index < -0.39 is 24.2 Å². The molecule has 0 unspecified atom stereocenters. The van der Waals surface area contributed by atoms with Crippen molar-refractivity contribution in [2.24, 2.45) is 11.8 Å². The van der Waals surface area contributed by atoms with Crippen molar-refractivity contribution in [3.63, 3.8) is 0 Å². The van der Waals surface area contributed by atoms with E-state index in [9.17, 15) is 19.5 Å². The Morgan fingerprint density at radius 1 is 0.857 bits per heavy atom. The third-order valence-electron chi connectivity index (χ3n) is 8.49. The number of carbonyl (C=O) groups is 3. The molecule has 8 nitrogen and oxygen atoms in total. The van der Waals surface area contributed by atoms with Gasteiger partial charge in [0.2, 0.25) is 5.91 Å². The molecule has 42 heavy (non-hydrogen) atoms. The fourth-order valence-corrected chi connectivity index (χ4v) is 6.03. The van der Waals surface area contributed by atoms with Gasteiger partial charge in [0, 0.05) is 12.5 Å². The second-order valence-electron chi connectivity index (χ2n) is 11.3. The summed E-state index contributed by atoms with van der Waals surface area (Å²) in [6.45, 7) is 2.60. The van der Waals surface area contributed by atoms with Crippen LogP contribution in [-0.2, 0) is 25.7 Å². The van der Waals surface area contributed by atoms with E-state index in [0.717, 1.165) is 40.7 Å². The van der Waals surface area contributed by atoms with E-state index in [1.165, 1.54) is 0 Å². The van der Waals surface area contributed by atoms with Gasteiger partial charge in [-0.15, -0.1) is 0 Å². The molecule has 1 fully saturated rings. The van der Waals surface area contributed by atoms with Crippen LogP contribution in [0.25, 0.3) is 11.1 Å². The van der Waals surface area contributed by atoms with Gasteiger partial charge >= 0.3 is 12.1 Å². The van der Waals surface area contributed by atoms with Crippen LogP contribution >= 0.6 is 0 Å². The molecule has 220 valence electrons. The highest BCUT2D eigenvalue weighted by Gasteiger charge is 2.32. The van der Waals surface area contributed by atoms with Gasteiger partial charge in [0.25, 0.3) is 0 Å². The zero-order valence-electron chi connectivity index (χ0n) is 23.8. The highest BCUT2D eigenvalue weighted by Crippen LogP contribution is 2.44. The maximum absolute atomic E-state index is 13.4. The Bertz CT molecular complexity index is 1340. The van der Waals surface area contributed by atoms with Crippen molar-refractivity contribution in [3.8, 4) is 11.1 Å². The first kappa shape index (κ1) is 29.3. The first-order chi connectivity index (χ1) is 20.4. The average Bonchev–Trinajstić information content (AvgIpc) is 3.34. The van der Waals surface area contributed by atoms with Crippen LogP contribution in [0.1, 0.15) is 55.2 Å². The number of alkyl carbamates (subject to hydrolysis) is 1. The Hall–Kier alpha value is -4.17. The summed E-state index contributed by atoms with van der Waals surface area (Å²) in [6, 6.07) is 24.9. The van der Waals surface area contributed by atoms with Crippen molar-refractivity contribution < 1.29 is 29.0 Å². The number of hydrogen-bond donors (Lipinski definition) is 3. The molecule has 3 aromatic carbocycles. The Balaban J connectivity index is 1.21. The highest BCUT2D eigenvalue weighted by atomic mass is 16.5. The monoisotopic (exact) mass is 570 g/mol. The molecule has 1 saturated carbocycles. The predicted octanol–water partition coefficient (Wildman–Crippen LogP) is 5.51. The Morgan fingerprint density at radius 3 is 2.07 bits per heavy atom. The molecule has 0 saturated heterocycles. The molecule has 3 N–H and O–H groups in total. The minimum Gasteiger partial charge on any atom is -0.481 e. The number of aliphatic carboxylic acids is 1. The van der Waals surface area contributed by atoms with Crippen LogP contribution in [0, 0.1) is 11.8 Å². The topological polar surface area (TPSA) is 114 Å². The third-order valence-corrected chi connectivity index (χ3v) is 8.49. The number of hydrogen-bond acceptors (Lipinski definition) is 5. The maximum Gasteiger partial charge on any atom is 0.407 e. The van der Waals surface area contributed by atoms with Gasteiger partial charge in [-0.2, -0.15) is 0 Å². The molecule has 0 aliphatic heterocycles. The van der Waals surface area contributed by atoms with Crippen molar-refractivity contribution in [3.05, 3.63) is 95.6 Å². The molecule has 2 aliphatic rings. The summed E-state index contributed by atoms with van der Waals surface area (Å²) in [5.41, 5.74) is 5.45. The van der Waals surface area contributed by atoms with E-state index in [0.29, 0.717) is 19.4 Å². The molecular weight excluding hydrogens is 532 g/mol. The lowest BCUT2D eigenvalue weighted by atomic mass is 9.82. The Morgan fingerprint density at radius 2 is 1.45 bits per heavy atom. The number of amides is 2. The van der Waals surface area contributed by atoms with E-state index in [2.05, 4.69) is 34.9 Å². The summed E-state index contributed by atoms with van der Waals surface area (Å²) in [4.78, 5) is 37.8. The number of carboxylic acids is 1. The normalized spacial score (nSPS) is 19.2. The van der Waals surface area contributed by atoms with Crippen LogP contribution in [0.15, 0.2) is 78.9 Å². The largest absolute Gasteiger partial charge is 0.481 e. The van der Waals surface area contributed by atoms with E-state index in [1.807, 2.05) is 54.6 Å². The molecular formula is C34H38N2O6. The van der Waals surface area contributed by atoms with Gasteiger partial charge in [0.1, 0.15) is 12.6 Å². The van der Waals surface area contributed by atoms with Gasteiger partial charge in [-0.1, -0.05) is 78.9 Å². The summed E-state index contributed by atoms with van der Waals surface area (Å²) in [7, 11) is 0. The van der Waals surface area contributed by atoms with Crippen LogP contribution in [0.2, 0.25) is 0 Å². The Labute approximate surface area is 246 Å². The lowest BCUT2D eigenvalue weighted by Gasteiger charge is -2.28. The SMILES string of the molecule is C[C@H](OCc1ccccc1)[C@@H](NC(=O)OCC1c2ccccc2-c2ccccc21)C(=O)NCC1CCC(C(=O)O)CC1. The van der Waals surface area contributed by atoms with Crippen LogP contribution in [-0.4, -0.2) is 48.4 Å². The van der Waals surface area contributed by atoms with Crippen LogP contribution in [0.3, 0.4) is 0 Å². The van der Waals surface area contributed by atoms with Crippen LogP contribution in [0.4, 0.5) is 4.79 Å². The van der Waals surface area contributed by atoms with Gasteiger partial charge in [-0.25, -0.2) is 4.79 Å².